The van der Waals surface area contributed by atoms with Crippen LogP contribution in [-0.4, -0.2) is 0 Å². The van der Waals surface area contributed by atoms with E-state index in [1.54, 1.807) is 0 Å². The number of hydrogen-bond donors (Lipinski definition) is 0. The van der Waals surface area contributed by atoms with Gasteiger partial charge in [-0.1, -0.05) is 13.0 Å². The van der Waals surface area contributed by atoms with Gasteiger partial charge in [-0.25, -0.2) is 4.57 Å². The number of fused-ring (bicyclic) bond motifs is 1. The van der Waals surface area contributed by atoms with Crippen LogP contribution in [0.5, 0.6) is 0 Å². The predicted octanol–water partition coefficient (Wildman–Crippen LogP) is 1.48. The lowest BCUT2D eigenvalue weighted by Crippen LogP contribution is -2.31. The molecule has 0 amide bonds. The van der Waals surface area contributed by atoms with Crippen LogP contribution in [0, 0.1) is 0 Å². The molecule has 1 aliphatic heterocycles. The summed E-state index contributed by atoms with van der Waals surface area (Å²) in [4.78, 5) is 0. The highest BCUT2D eigenvalue weighted by Crippen LogP contribution is 2.19. The third-order valence-electron chi connectivity index (χ3n) is 2.28. The topological polar surface area (TPSA) is 3.88 Å². The Bertz CT molecular complexity index is 242. The molecule has 0 saturated heterocycles. The number of hydrogen-bond acceptors (Lipinski definition) is 0. The molecule has 0 N–H and O–H groups in total. The maximum Gasteiger partial charge on any atom is 0.184 e. The highest BCUT2D eigenvalue weighted by Gasteiger charge is 2.24. The van der Waals surface area contributed by atoms with Gasteiger partial charge in [0.05, 0.1) is 0 Å². The van der Waals surface area contributed by atoms with E-state index in [9.17, 15) is 0 Å². The summed E-state index contributed by atoms with van der Waals surface area (Å²) in [6.07, 6.45) is 3.48. The Labute approximate surface area is 61.3 Å². The molecule has 0 aliphatic carbocycles. The summed E-state index contributed by atoms with van der Waals surface area (Å²) in [5, 5.41) is 0. The minimum Gasteiger partial charge on any atom is -0.202 e. The molecule has 0 fully saturated rings. The lowest BCUT2D eigenvalue weighted by Gasteiger charge is -1.93. The van der Waals surface area contributed by atoms with Crippen molar-refractivity contribution in [3.8, 4) is 0 Å². The molecule has 0 bridgehead atoms. The first kappa shape index (κ1) is 5.90. The van der Waals surface area contributed by atoms with Crippen molar-refractivity contribution in [3.05, 3.63) is 30.1 Å². The zero-order valence-electron chi connectivity index (χ0n) is 6.25. The molecule has 2 heterocycles. The smallest absolute Gasteiger partial charge is 0.184 e. The summed E-state index contributed by atoms with van der Waals surface area (Å²) in [5.41, 5.74) is 1.49. The molecular weight excluding hydrogens is 122 g/mol. The van der Waals surface area contributed by atoms with E-state index in [0.717, 1.165) is 5.92 Å². The normalized spacial score (nSPS) is 22.7. The van der Waals surface area contributed by atoms with Crippen LogP contribution >= 0.6 is 0 Å². The minimum absolute atomic E-state index is 0.765. The molecule has 0 aromatic carbocycles. The second-order valence-electron chi connectivity index (χ2n) is 3.01. The molecule has 1 nitrogen and oxygen atoms in total. The molecule has 52 valence electrons. The van der Waals surface area contributed by atoms with Crippen molar-refractivity contribution >= 4 is 0 Å². The van der Waals surface area contributed by atoms with E-state index in [-0.39, 0.29) is 0 Å². The van der Waals surface area contributed by atoms with E-state index >= 15 is 0 Å². The standard InChI is InChI=1S/C9H12N/c1-8-5-7-10-6-3-2-4-9(8)10/h2-4,6,8H,5,7H2,1H3/q+1. The zero-order valence-corrected chi connectivity index (χ0v) is 6.25. The Hall–Kier alpha value is -0.850. The Morgan fingerprint density at radius 3 is 3.20 bits per heavy atom. The predicted molar refractivity (Wildman–Crippen MR) is 39.7 cm³/mol. The second kappa shape index (κ2) is 2.08. The van der Waals surface area contributed by atoms with Crippen molar-refractivity contribution in [2.45, 2.75) is 25.8 Å². The van der Waals surface area contributed by atoms with E-state index in [1.807, 2.05) is 0 Å². The summed E-state index contributed by atoms with van der Waals surface area (Å²) in [7, 11) is 0. The molecule has 1 heteroatoms. The van der Waals surface area contributed by atoms with Crippen LogP contribution in [-0.2, 0) is 6.54 Å². The average Bonchev–Trinajstić information content (AvgIpc) is 2.34. The lowest BCUT2D eigenvalue weighted by molar-refractivity contribution is -0.691. The van der Waals surface area contributed by atoms with Gasteiger partial charge in [0.2, 0.25) is 0 Å². The summed E-state index contributed by atoms with van der Waals surface area (Å²) in [6, 6.07) is 6.44. The summed E-state index contributed by atoms with van der Waals surface area (Å²) in [6.45, 7) is 3.50. The Morgan fingerprint density at radius 2 is 2.40 bits per heavy atom. The first-order valence-corrected chi connectivity index (χ1v) is 3.86. The van der Waals surface area contributed by atoms with E-state index in [1.165, 1.54) is 18.7 Å². The van der Waals surface area contributed by atoms with Crippen LogP contribution in [0.25, 0.3) is 0 Å². The van der Waals surface area contributed by atoms with E-state index in [4.69, 9.17) is 0 Å². The number of nitrogens with zero attached hydrogens (tertiary/aromatic N) is 1. The SMILES string of the molecule is CC1CC[n+]2ccccc21. The first-order valence-electron chi connectivity index (χ1n) is 3.86. The molecule has 1 unspecified atom stereocenters. The third kappa shape index (κ3) is 0.737. The van der Waals surface area contributed by atoms with Crippen molar-refractivity contribution < 1.29 is 4.57 Å². The van der Waals surface area contributed by atoms with Gasteiger partial charge in [0.15, 0.2) is 11.9 Å². The molecule has 2 rings (SSSR count). The highest BCUT2D eigenvalue weighted by molar-refractivity contribution is 5.04. The van der Waals surface area contributed by atoms with Crippen LogP contribution < -0.4 is 4.57 Å². The van der Waals surface area contributed by atoms with Gasteiger partial charge >= 0.3 is 0 Å². The van der Waals surface area contributed by atoms with Crippen molar-refractivity contribution in [2.24, 2.45) is 0 Å². The Kier molecular flexibility index (Phi) is 1.23. The van der Waals surface area contributed by atoms with Gasteiger partial charge in [-0.05, 0) is 0 Å². The van der Waals surface area contributed by atoms with Crippen LogP contribution in [0.2, 0.25) is 0 Å². The summed E-state index contributed by atoms with van der Waals surface area (Å²) < 4.78 is 2.34. The second-order valence-corrected chi connectivity index (χ2v) is 3.01. The fourth-order valence-corrected chi connectivity index (χ4v) is 1.62. The van der Waals surface area contributed by atoms with E-state index < -0.39 is 0 Å². The van der Waals surface area contributed by atoms with E-state index in [2.05, 4.69) is 35.9 Å². The molecule has 0 saturated carbocycles. The number of pyridine rings is 1. The minimum atomic E-state index is 0.765. The monoisotopic (exact) mass is 134 g/mol. The molecular formula is C9H12N+. The van der Waals surface area contributed by atoms with Crippen LogP contribution in [0.1, 0.15) is 25.0 Å². The summed E-state index contributed by atoms with van der Waals surface area (Å²) >= 11 is 0. The number of rotatable bonds is 0. The number of aryl methyl sites for hydroxylation is 1. The van der Waals surface area contributed by atoms with Crippen molar-refractivity contribution in [1.82, 2.24) is 0 Å². The quantitative estimate of drug-likeness (QED) is 0.473. The lowest BCUT2D eigenvalue weighted by atomic mass is 10.1. The molecule has 1 atom stereocenters. The molecule has 1 aromatic rings. The first-order chi connectivity index (χ1) is 4.88. The van der Waals surface area contributed by atoms with Crippen molar-refractivity contribution in [1.29, 1.82) is 0 Å². The van der Waals surface area contributed by atoms with Gasteiger partial charge < -0.3 is 0 Å². The third-order valence-corrected chi connectivity index (χ3v) is 2.28. The largest absolute Gasteiger partial charge is 0.202 e. The van der Waals surface area contributed by atoms with Gasteiger partial charge in [-0.2, -0.15) is 0 Å². The van der Waals surface area contributed by atoms with Crippen LogP contribution in [0.15, 0.2) is 24.4 Å². The maximum absolute atomic E-state index is 2.34. The molecule has 10 heavy (non-hydrogen) atoms. The van der Waals surface area contributed by atoms with Crippen LogP contribution in [0.3, 0.4) is 0 Å². The van der Waals surface area contributed by atoms with Gasteiger partial charge in [-0.3, -0.25) is 0 Å². The van der Waals surface area contributed by atoms with Gasteiger partial charge in [-0.15, -0.1) is 0 Å². The molecule has 1 aliphatic rings. The Balaban J connectivity index is 2.51. The van der Waals surface area contributed by atoms with Crippen molar-refractivity contribution in [2.75, 3.05) is 0 Å². The molecule has 0 spiro atoms. The molecule has 1 aromatic heterocycles. The maximum atomic E-state index is 2.34. The molecule has 0 radical (unpaired) electrons. The van der Waals surface area contributed by atoms with Gasteiger partial charge in [0.25, 0.3) is 0 Å². The highest BCUT2D eigenvalue weighted by atomic mass is 15.0. The Morgan fingerprint density at radius 1 is 1.50 bits per heavy atom. The zero-order chi connectivity index (χ0) is 6.97. The fourth-order valence-electron chi connectivity index (χ4n) is 1.62. The van der Waals surface area contributed by atoms with Crippen molar-refractivity contribution in [3.63, 3.8) is 0 Å². The van der Waals surface area contributed by atoms with Crippen LogP contribution in [0.4, 0.5) is 0 Å². The average molecular weight is 134 g/mol. The summed E-state index contributed by atoms with van der Waals surface area (Å²) in [5.74, 6) is 0.765. The number of aromatic nitrogens is 1. The van der Waals surface area contributed by atoms with E-state index in [0.29, 0.717) is 0 Å². The van der Waals surface area contributed by atoms with Gasteiger partial charge in [0.1, 0.15) is 6.54 Å². The fraction of sp³-hybridized carbons (Fsp3) is 0.444. The van der Waals surface area contributed by atoms with Gasteiger partial charge in [0, 0.05) is 24.5 Å².